The highest BCUT2D eigenvalue weighted by molar-refractivity contribution is 7.16. The van der Waals surface area contributed by atoms with Crippen molar-refractivity contribution in [2.45, 2.75) is 13.5 Å². The zero-order chi connectivity index (χ0) is 11.7. The third kappa shape index (κ3) is 2.19. The van der Waals surface area contributed by atoms with Crippen molar-refractivity contribution in [1.82, 2.24) is 4.98 Å². The lowest BCUT2D eigenvalue weighted by Gasteiger charge is -1.98. The van der Waals surface area contributed by atoms with Gasteiger partial charge >= 0.3 is 0 Å². The van der Waals surface area contributed by atoms with Crippen molar-refractivity contribution in [3.05, 3.63) is 59.4 Å². The van der Waals surface area contributed by atoms with E-state index < -0.39 is 0 Å². The van der Waals surface area contributed by atoms with Crippen molar-refractivity contribution in [3.63, 3.8) is 0 Å². The van der Waals surface area contributed by atoms with Gasteiger partial charge in [-0.15, -0.1) is 11.3 Å². The third-order valence-electron chi connectivity index (χ3n) is 2.82. The van der Waals surface area contributed by atoms with E-state index in [2.05, 4.69) is 59.2 Å². The minimum absolute atomic E-state index is 0.911. The molecule has 0 bridgehead atoms. The lowest BCUT2D eigenvalue weighted by Crippen LogP contribution is -2.32. The molecule has 3 rings (SSSR count). The highest BCUT2D eigenvalue weighted by Crippen LogP contribution is 2.14. The highest BCUT2D eigenvalue weighted by atomic mass is 32.1. The molecule has 0 aliphatic carbocycles. The number of hydrogen-bond donors (Lipinski definition) is 0. The minimum atomic E-state index is 0.911. The molecule has 0 saturated carbocycles. The molecule has 17 heavy (non-hydrogen) atoms. The fraction of sp³-hybridized carbons (Fsp3) is 0.143. The fourth-order valence-corrected chi connectivity index (χ4v) is 2.57. The number of hydrogen-bond acceptors (Lipinski definition) is 2. The molecule has 0 fully saturated rings. The quantitative estimate of drug-likeness (QED) is 0.630. The van der Waals surface area contributed by atoms with E-state index in [1.807, 2.05) is 5.51 Å². The lowest BCUT2D eigenvalue weighted by molar-refractivity contribution is -0.686. The summed E-state index contributed by atoms with van der Waals surface area (Å²) in [7, 11) is 0. The summed E-state index contributed by atoms with van der Waals surface area (Å²) in [6, 6.07) is 10.7. The van der Waals surface area contributed by atoms with Crippen LogP contribution in [0, 0.1) is 6.92 Å². The average molecular weight is 241 g/mol. The van der Waals surface area contributed by atoms with Gasteiger partial charge in [-0.25, -0.2) is 4.98 Å². The van der Waals surface area contributed by atoms with Crippen molar-refractivity contribution in [1.29, 1.82) is 0 Å². The lowest BCUT2D eigenvalue weighted by atomic mass is 10.1. The summed E-state index contributed by atoms with van der Waals surface area (Å²) in [5.74, 6) is 0. The fourth-order valence-electron chi connectivity index (χ4n) is 1.85. The molecule has 0 unspecified atom stereocenters. The van der Waals surface area contributed by atoms with Crippen molar-refractivity contribution >= 4 is 21.6 Å². The molecule has 1 aromatic carbocycles. The Morgan fingerprint density at radius 1 is 1.18 bits per heavy atom. The molecule has 0 spiro atoms. The van der Waals surface area contributed by atoms with Gasteiger partial charge in [-0.1, -0.05) is 29.8 Å². The number of aryl methyl sites for hydroxylation is 1. The largest absolute Gasteiger partial charge is 0.244 e. The van der Waals surface area contributed by atoms with Crippen LogP contribution in [-0.4, -0.2) is 4.98 Å². The van der Waals surface area contributed by atoms with Crippen LogP contribution in [0.3, 0.4) is 0 Å². The second-order valence-electron chi connectivity index (χ2n) is 4.20. The van der Waals surface area contributed by atoms with E-state index in [9.17, 15) is 0 Å². The van der Waals surface area contributed by atoms with Gasteiger partial charge in [0.2, 0.25) is 0 Å². The van der Waals surface area contributed by atoms with E-state index in [0.717, 1.165) is 12.1 Å². The Morgan fingerprint density at radius 2 is 2.00 bits per heavy atom. The second-order valence-corrected chi connectivity index (χ2v) is 5.09. The van der Waals surface area contributed by atoms with Crippen LogP contribution < -0.4 is 4.57 Å². The molecule has 0 amide bonds. The SMILES string of the molecule is Cc1ccc(C[n+]2ccc3ncsc3c2)cc1. The summed E-state index contributed by atoms with van der Waals surface area (Å²) in [5, 5.41) is 0. The summed E-state index contributed by atoms with van der Waals surface area (Å²) in [5.41, 5.74) is 5.59. The summed E-state index contributed by atoms with van der Waals surface area (Å²) in [6.45, 7) is 3.02. The number of thiazole rings is 1. The van der Waals surface area contributed by atoms with E-state index in [4.69, 9.17) is 0 Å². The van der Waals surface area contributed by atoms with E-state index in [1.54, 1.807) is 11.3 Å². The van der Waals surface area contributed by atoms with Crippen molar-refractivity contribution in [3.8, 4) is 0 Å². The van der Waals surface area contributed by atoms with E-state index in [-0.39, 0.29) is 0 Å². The molecule has 0 atom stereocenters. The number of pyridine rings is 1. The Labute approximate surface area is 104 Å². The van der Waals surface area contributed by atoms with Crippen LogP contribution in [0.4, 0.5) is 0 Å². The van der Waals surface area contributed by atoms with Crippen LogP contribution in [0.1, 0.15) is 11.1 Å². The van der Waals surface area contributed by atoms with E-state index in [1.165, 1.54) is 15.8 Å². The molecular formula is C14H13N2S+. The van der Waals surface area contributed by atoms with Crippen molar-refractivity contribution in [2.75, 3.05) is 0 Å². The van der Waals surface area contributed by atoms with Gasteiger partial charge in [-0.05, 0) is 6.92 Å². The van der Waals surface area contributed by atoms with Gasteiger partial charge in [0.25, 0.3) is 0 Å². The minimum Gasteiger partial charge on any atom is -0.244 e. The Hall–Kier alpha value is -1.74. The molecule has 84 valence electrons. The number of nitrogens with zero attached hydrogens (tertiary/aromatic N) is 2. The number of benzene rings is 1. The molecular weight excluding hydrogens is 228 g/mol. The van der Waals surface area contributed by atoms with Crippen LogP contribution >= 0.6 is 11.3 Å². The molecule has 0 aliphatic heterocycles. The molecule has 0 N–H and O–H groups in total. The highest BCUT2D eigenvalue weighted by Gasteiger charge is 2.05. The third-order valence-corrected chi connectivity index (χ3v) is 3.60. The predicted molar refractivity (Wildman–Crippen MR) is 70.1 cm³/mol. The zero-order valence-electron chi connectivity index (χ0n) is 9.63. The van der Waals surface area contributed by atoms with Crippen molar-refractivity contribution in [2.24, 2.45) is 0 Å². The monoisotopic (exact) mass is 241 g/mol. The number of rotatable bonds is 2. The first-order valence-corrected chi connectivity index (χ1v) is 6.47. The summed E-state index contributed by atoms with van der Waals surface area (Å²) in [6.07, 6.45) is 4.24. The normalized spacial score (nSPS) is 10.9. The number of aromatic nitrogens is 2. The molecule has 0 aliphatic rings. The molecule has 2 heterocycles. The zero-order valence-corrected chi connectivity index (χ0v) is 10.4. The molecule has 0 saturated heterocycles. The average Bonchev–Trinajstić information content (AvgIpc) is 2.79. The molecule has 2 aromatic heterocycles. The molecule has 2 nitrogen and oxygen atoms in total. The number of fused-ring (bicyclic) bond motifs is 1. The van der Waals surface area contributed by atoms with Crippen LogP contribution in [-0.2, 0) is 6.54 Å². The first-order valence-electron chi connectivity index (χ1n) is 5.59. The molecule has 0 radical (unpaired) electrons. The van der Waals surface area contributed by atoms with Crippen LogP contribution in [0.25, 0.3) is 10.2 Å². The smallest absolute Gasteiger partial charge is 0.188 e. The molecule has 3 heteroatoms. The Morgan fingerprint density at radius 3 is 2.82 bits per heavy atom. The van der Waals surface area contributed by atoms with E-state index in [0.29, 0.717) is 0 Å². The summed E-state index contributed by atoms with van der Waals surface area (Å²) in [4.78, 5) is 4.28. The standard InChI is InChI=1S/C14H13N2S/c1-11-2-4-12(5-3-11)8-16-7-6-13-14(9-16)17-10-15-13/h2-7,9-10H,8H2,1H3/q+1. The maximum atomic E-state index is 4.28. The van der Waals surface area contributed by atoms with Gasteiger partial charge in [0.15, 0.2) is 18.9 Å². The van der Waals surface area contributed by atoms with Crippen LogP contribution in [0.2, 0.25) is 0 Å². The first kappa shape index (κ1) is 10.4. The maximum absolute atomic E-state index is 4.28. The van der Waals surface area contributed by atoms with Gasteiger partial charge in [0, 0.05) is 11.6 Å². The second kappa shape index (κ2) is 4.26. The van der Waals surface area contributed by atoms with Crippen LogP contribution in [0.15, 0.2) is 48.2 Å². The van der Waals surface area contributed by atoms with Gasteiger partial charge in [0.1, 0.15) is 4.70 Å². The maximum Gasteiger partial charge on any atom is 0.188 e. The van der Waals surface area contributed by atoms with E-state index >= 15 is 0 Å². The Balaban J connectivity index is 1.91. The topological polar surface area (TPSA) is 16.8 Å². The summed E-state index contributed by atoms with van der Waals surface area (Å²) < 4.78 is 3.44. The van der Waals surface area contributed by atoms with Gasteiger partial charge in [-0.2, -0.15) is 4.57 Å². The molecule has 3 aromatic rings. The first-order chi connectivity index (χ1) is 8.31. The summed E-state index contributed by atoms with van der Waals surface area (Å²) >= 11 is 1.68. The van der Waals surface area contributed by atoms with Gasteiger partial charge in [-0.3, -0.25) is 0 Å². The predicted octanol–water partition coefficient (Wildman–Crippen LogP) is 2.94. The Bertz CT molecular complexity index is 641. The Kier molecular flexibility index (Phi) is 2.61. The van der Waals surface area contributed by atoms with Gasteiger partial charge in [0.05, 0.1) is 11.0 Å². The van der Waals surface area contributed by atoms with Crippen molar-refractivity contribution < 1.29 is 4.57 Å². The van der Waals surface area contributed by atoms with Gasteiger partial charge < -0.3 is 0 Å². The van der Waals surface area contributed by atoms with Crippen LogP contribution in [0.5, 0.6) is 0 Å².